The van der Waals surface area contributed by atoms with Crippen LogP contribution in [-0.2, 0) is 17.5 Å². The number of hydrogen-bond donors (Lipinski definition) is 0. The summed E-state index contributed by atoms with van der Waals surface area (Å²) < 4.78 is 45.6. The Bertz CT molecular complexity index is 1040. The molecule has 2 heterocycles. The number of rotatable bonds is 9. The van der Waals surface area contributed by atoms with Gasteiger partial charge < -0.3 is 9.32 Å². The molecule has 33 heavy (non-hydrogen) atoms. The molecule has 0 saturated carbocycles. The van der Waals surface area contributed by atoms with Gasteiger partial charge in [-0.1, -0.05) is 30.3 Å². The van der Waals surface area contributed by atoms with Crippen LogP contribution in [0.15, 0.2) is 59.0 Å². The minimum Gasteiger partial charge on any atom is -0.415 e. The first kappa shape index (κ1) is 23.5. The quantitative estimate of drug-likeness (QED) is 0.471. The maximum atomic E-state index is 13.3. The molecule has 1 unspecified atom stereocenters. The van der Waals surface area contributed by atoms with Crippen LogP contribution in [0.5, 0.6) is 0 Å². The third kappa shape index (κ3) is 6.21. The van der Waals surface area contributed by atoms with Crippen LogP contribution in [0.25, 0.3) is 11.5 Å². The van der Waals surface area contributed by atoms with Gasteiger partial charge >= 0.3 is 6.43 Å². The van der Waals surface area contributed by atoms with Gasteiger partial charge in [0.05, 0.1) is 12.3 Å². The van der Waals surface area contributed by atoms with Gasteiger partial charge in [0.1, 0.15) is 11.0 Å². The highest BCUT2D eigenvalue weighted by Crippen LogP contribution is 2.25. The van der Waals surface area contributed by atoms with Crippen LogP contribution in [0.2, 0.25) is 0 Å². The zero-order chi connectivity index (χ0) is 23.2. The Hall–Kier alpha value is -2.69. The molecule has 1 fully saturated rings. The second-order valence-electron chi connectivity index (χ2n) is 7.99. The summed E-state index contributed by atoms with van der Waals surface area (Å²) in [5.41, 5.74) is 2.38. The number of alkyl halides is 2. The lowest BCUT2D eigenvalue weighted by Gasteiger charge is -2.33. The average Bonchev–Trinajstić information content (AvgIpc) is 3.34. The van der Waals surface area contributed by atoms with Gasteiger partial charge in [0, 0.05) is 44.0 Å². The third-order valence-electron chi connectivity index (χ3n) is 5.62. The predicted octanol–water partition coefficient (Wildman–Crippen LogP) is 3.59. The van der Waals surface area contributed by atoms with Crippen LogP contribution < -0.4 is 4.31 Å². The average molecular weight is 476 g/mol. The molecular formula is C23H27F2N5O2S. The molecule has 10 heteroatoms. The Morgan fingerprint density at radius 3 is 2.36 bits per heavy atom. The van der Waals surface area contributed by atoms with E-state index in [1.165, 1.54) is 0 Å². The van der Waals surface area contributed by atoms with E-state index < -0.39 is 23.3 Å². The van der Waals surface area contributed by atoms with Crippen molar-refractivity contribution in [2.75, 3.05) is 49.8 Å². The van der Waals surface area contributed by atoms with Gasteiger partial charge in [-0.3, -0.25) is 9.21 Å². The lowest BCUT2D eigenvalue weighted by atomic mass is 10.1. The minimum atomic E-state index is -2.80. The summed E-state index contributed by atoms with van der Waals surface area (Å²) in [6, 6.07) is 16.9. The van der Waals surface area contributed by atoms with Crippen LogP contribution in [0.4, 0.5) is 14.5 Å². The topological polar surface area (TPSA) is 65.7 Å². The molecule has 1 atom stereocenters. The summed E-state index contributed by atoms with van der Waals surface area (Å²) in [5.74, 6) is -0.0951. The molecule has 2 aromatic carbocycles. The van der Waals surface area contributed by atoms with E-state index in [0.29, 0.717) is 17.9 Å². The summed E-state index contributed by atoms with van der Waals surface area (Å²) in [6.45, 7) is 5.27. The van der Waals surface area contributed by atoms with E-state index in [0.717, 1.165) is 44.0 Å². The molecule has 7 nitrogen and oxygen atoms in total. The van der Waals surface area contributed by atoms with E-state index in [2.05, 4.69) is 27.0 Å². The van der Waals surface area contributed by atoms with E-state index >= 15 is 0 Å². The number of halogens is 2. The number of aromatic nitrogens is 2. The fourth-order valence-electron chi connectivity index (χ4n) is 3.62. The molecule has 176 valence electrons. The van der Waals surface area contributed by atoms with Crippen molar-refractivity contribution >= 4 is 16.7 Å². The smallest absolute Gasteiger partial charge is 0.314 e. The van der Waals surface area contributed by atoms with Crippen LogP contribution >= 0.6 is 0 Å². The monoisotopic (exact) mass is 475 g/mol. The molecule has 1 aliphatic heterocycles. The SMILES string of the molecule is CN1CCN(CCS(=O)N(Cc2ccc(-c3nnc(C(F)F)o3)cc2)c2ccccc2)CC1. The molecule has 0 radical (unpaired) electrons. The number of anilines is 1. The first-order valence-corrected chi connectivity index (χ1v) is 12.1. The lowest BCUT2D eigenvalue weighted by Crippen LogP contribution is -2.46. The lowest BCUT2D eigenvalue weighted by molar-refractivity contribution is 0.116. The Kier molecular flexibility index (Phi) is 7.79. The molecule has 4 rings (SSSR count). The molecular weight excluding hydrogens is 448 g/mol. The first-order valence-electron chi connectivity index (χ1n) is 10.8. The van der Waals surface area contributed by atoms with Crippen LogP contribution in [0.3, 0.4) is 0 Å². The Morgan fingerprint density at radius 1 is 1.03 bits per heavy atom. The molecule has 1 aromatic heterocycles. The van der Waals surface area contributed by atoms with E-state index in [1.54, 1.807) is 12.1 Å². The molecule has 1 aliphatic rings. The normalized spacial score (nSPS) is 16.2. The van der Waals surface area contributed by atoms with Crippen molar-refractivity contribution in [3.63, 3.8) is 0 Å². The summed E-state index contributed by atoms with van der Waals surface area (Å²) in [5, 5.41) is 7.05. The van der Waals surface area contributed by atoms with Crippen molar-refractivity contribution in [1.29, 1.82) is 0 Å². The summed E-state index contributed by atoms with van der Waals surface area (Å²) >= 11 is 0. The molecule has 0 N–H and O–H groups in total. The number of piperazine rings is 1. The van der Waals surface area contributed by atoms with E-state index in [1.807, 2.05) is 46.8 Å². The fraction of sp³-hybridized carbons (Fsp3) is 0.391. The molecule has 0 spiro atoms. The van der Waals surface area contributed by atoms with Crippen molar-refractivity contribution in [3.8, 4) is 11.5 Å². The standard InChI is InChI=1S/C23H27F2N5O2S/c1-28-11-13-29(14-12-28)15-16-33(31)30(20-5-3-2-4-6-20)17-18-7-9-19(10-8-18)22-26-27-23(32-22)21(24)25/h2-10,21H,11-17H2,1H3. The van der Waals surface area contributed by atoms with Gasteiger partial charge in [-0.05, 0) is 36.9 Å². The molecule has 0 bridgehead atoms. The maximum Gasteiger partial charge on any atom is 0.314 e. The molecule has 3 aromatic rings. The number of hydrogen-bond acceptors (Lipinski definition) is 6. The van der Waals surface area contributed by atoms with Crippen LogP contribution in [0.1, 0.15) is 17.9 Å². The van der Waals surface area contributed by atoms with Gasteiger partial charge in [-0.25, -0.2) is 4.21 Å². The van der Waals surface area contributed by atoms with E-state index in [4.69, 9.17) is 4.42 Å². The highest BCUT2D eigenvalue weighted by molar-refractivity contribution is 7.86. The molecule has 1 saturated heterocycles. The van der Waals surface area contributed by atoms with Gasteiger partial charge in [0.15, 0.2) is 0 Å². The van der Waals surface area contributed by atoms with Gasteiger partial charge in [0.2, 0.25) is 5.89 Å². The van der Waals surface area contributed by atoms with Crippen molar-refractivity contribution < 1.29 is 17.4 Å². The van der Waals surface area contributed by atoms with Gasteiger partial charge in [-0.15, -0.1) is 10.2 Å². The Morgan fingerprint density at radius 2 is 1.73 bits per heavy atom. The minimum absolute atomic E-state index is 0.0486. The highest BCUT2D eigenvalue weighted by atomic mass is 32.2. The summed E-state index contributed by atoms with van der Waals surface area (Å²) in [6.07, 6.45) is -2.80. The van der Waals surface area contributed by atoms with Gasteiger partial charge in [0.25, 0.3) is 5.89 Å². The van der Waals surface area contributed by atoms with Crippen molar-refractivity contribution in [1.82, 2.24) is 20.0 Å². The number of benzene rings is 2. The second-order valence-corrected chi connectivity index (χ2v) is 9.48. The molecule has 0 aliphatic carbocycles. The number of para-hydroxylation sites is 1. The zero-order valence-electron chi connectivity index (χ0n) is 18.4. The van der Waals surface area contributed by atoms with E-state index in [-0.39, 0.29) is 5.89 Å². The second kappa shape index (κ2) is 11.0. The van der Waals surface area contributed by atoms with E-state index in [9.17, 15) is 13.0 Å². The summed E-state index contributed by atoms with van der Waals surface area (Å²) in [7, 11) is 0.910. The largest absolute Gasteiger partial charge is 0.415 e. The van der Waals surface area contributed by atoms with Crippen molar-refractivity contribution in [2.24, 2.45) is 0 Å². The third-order valence-corrected chi connectivity index (χ3v) is 6.99. The summed E-state index contributed by atoms with van der Waals surface area (Å²) in [4.78, 5) is 4.66. The predicted molar refractivity (Wildman–Crippen MR) is 124 cm³/mol. The Labute approximate surface area is 194 Å². The number of nitrogens with zero attached hydrogens (tertiary/aromatic N) is 5. The zero-order valence-corrected chi connectivity index (χ0v) is 19.3. The molecule has 0 amide bonds. The fourth-order valence-corrected chi connectivity index (χ4v) is 4.91. The first-order chi connectivity index (χ1) is 16.0. The highest BCUT2D eigenvalue weighted by Gasteiger charge is 2.20. The van der Waals surface area contributed by atoms with Crippen molar-refractivity contribution in [3.05, 3.63) is 66.1 Å². The van der Waals surface area contributed by atoms with Gasteiger partial charge in [-0.2, -0.15) is 8.78 Å². The van der Waals surface area contributed by atoms with Crippen LogP contribution in [-0.4, -0.2) is 69.7 Å². The van der Waals surface area contributed by atoms with Crippen LogP contribution in [0, 0.1) is 0 Å². The number of likely N-dealkylation sites (N-methyl/N-ethyl adjacent to an activating group) is 1. The Balaban J connectivity index is 1.44. The maximum absolute atomic E-state index is 13.3. The van der Waals surface area contributed by atoms with Crippen molar-refractivity contribution in [2.45, 2.75) is 13.0 Å².